The van der Waals surface area contributed by atoms with E-state index in [1.54, 1.807) is 11.1 Å². The molecule has 0 bridgehead atoms. The van der Waals surface area contributed by atoms with Gasteiger partial charge in [0, 0.05) is 34.7 Å². The second-order valence-electron chi connectivity index (χ2n) is 5.27. The molecule has 1 aromatic heterocycles. The Balaban J connectivity index is 1.84. The summed E-state index contributed by atoms with van der Waals surface area (Å²) in [7, 11) is 0. The van der Waals surface area contributed by atoms with Crippen LogP contribution in [0.5, 0.6) is 0 Å². The van der Waals surface area contributed by atoms with Crippen LogP contribution in [0.2, 0.25) is 0 Å². The number of hydrogen-bond acceptors (Lipinski definition) is 2. The molecule has 0 unspecified atom stereocenters. The third-order valence-electron chi connectivity index (χ3n) is 4.02. The van der Waals surface area contributed by atoms with Crippen LogP contribution < -0.4 is 0 Å². The minimum Gasteiger partial charge on any atom is -0.481 e. The van der Waals surface area contributed by atoms with E-state index in [0.29, 0.717) is 31.5 Å². The fourth-order valence-corrected chi connectivity index (χ4v) is 3.39. The lowest BCUT2D eigenvalue weighted by atomic mass is 9.96. The van der Waals surface area contributed by atoms with Crippen molar-refractivity contribution < 1.29 is 14.7 Å². The van der Waals surface area contributed by atoms with Gasteiger partial charge in [0.25, 0.3) is 5.91 Å². The molecule has 2 N–H and O–H groups in total. The van der Waals surface area contributed by atoms with Crippen molar-refractivity contribution in [3.05, 3.63) is 34.4 Å². The number of aliphatic carboxylic acids is 1. The van der Waals surface area contributed by atoms with Crippen molar-refractivity contribution >= 4 is 38.7 Å². The summed E-state index contributed by atoms with van der Waals surface area (Å²) in [4.78, 5) is 28.4. The third-order valence-corrected chi connectivity index (χ3v) is 4.68. The van der Waals surface area contributed by atoms with Crippen LogP contribution in [0.25, 0.3) is 10.9 Å². The first-order chi connectivity index (χ1) is 10.1. The van der Waals surface area contributed by atoms with Gasteiger partial charge in [-0.15, -0.1) is 0 Å². The summed E-state index contributed by atoms with van der Waals surface area (Å²) < 4.78 is 0.880. The summed E-state index contributed by atoms with van der Waals surface area (Å²) in [5.74, 6) is -1.14. The van der Waals surface area contributed by atoms with E-state index in [1.165, 1.54) is 0 Å². The highest BCUT2D eigenvalue weighted by Crippen LogP contribution is 2.29. The smallest absolute Gasteiger partial charge is 0.306 e. The van der Waals surface area contributed by atoms with Crippen molar-refractivity contribution in [2.24, 2.45) is 5.92 Å². The number of piperidine rings is 1. The van der Waals surface area contributed by atoms with Gasteiger partial charge in [-0.2, -0.15) is 0 Å². The number of likely N-dealkylation sites (tertiary alicyclic amines) is 1. The topological polar surface area (TPSA) is 73.4 Å². The number of nitrogens with zero attached hydrogens (tertiary/aromatic N) is 1. The molecule has 110 valence electrons. The van der Waals surface area contributed by atoms with Crippen LogP contribution in [-0.2, 0) is 4.79 Å². The van der Waals surface area contributed by atoms with Crippen LogP contribution >= 0.6 is 15.9 Å². The average Bonchev–Trinajstić information content (AvgIpc) is 2.92. The first kappa shape index (κ1) is 14.1. The number of carboxylic acids is 1. The lowest BCUT2D eigenvalue weighted by molar-refractivity contribution is -0.143. The molecule has 2 heterocycles. The van der Waals surface area contributed by atoms with E-state index in [4.69, 9.17) is 5.11 Å². The molecule has 0 saturated carbocycles. The number of carbonyl (C=O) groups excluding carboxylic acids is 1. The number of rotatable bonds is 2. The van der Waals surface area contributed by atoms with Crippen molar-refractivity contribution in [1.82, 2.24) is 9.88 Å². The van der Waals surface area contributed by atoms with Gasteiger partial charge in [0.05, 0.1) is 11.5 Å². The molecule has 1 saturated heterocycles. The lowest BCUT2D eigenvalue weighted by Gasteiger charge is -2.30. The number of halogens is 1. The van der Waals surface area contributed by atoms with Gasteiger partial charge >= 0.3 is 5.97 Å². The molecule has 1 aliphatic heterocycles. The third kappa shape index (κ3) is 2.55. The van der Waals surface area contributed by atoms with Crippen LogP contribution in [0.4, 0.5) is 0 Å². The molecule has 1 fully saturated rings. The Morgan fingerprint density at radius 2 is 2.00 bits per heavy atom. The summed E-state index contributed by atoms with van der Waals surface area (Å²) >= 11 is 3.48. The van der Waals surface area contributed by atoms with Crippen molar-refractivity contribution in [3.63, 3.8) is 0 Å². The predicted molar refractivity (Wildman–Crippen MR) is 82.3 cm³/mol. The molecule has 1 amide bonds. The number of H-pyrrole nitrogens is 1. The Morgan fingerprint density at radius 3 is 2.67 bits per heavy atom. The SMILES string of the molecule is O=C(O)C1CCN(C(=O)c2c[nH]c3cccc(Br)c23)CC1. The molecule has 0 atom stereocenters. The van der Waals surface area contributed by atoms with Crippen molar-refractivity contribution in [1.29, 1.82) is 0 Å². The average molecular weight is 351 g/mol. The highest BCUT2D eigenvalue weighted by molar-refractivity contribution is 9.10. The quantitative estimate of drug-likeness (QED) is 0.874. The fraction of sp³-hybridized carbons (Fsp3) is 0.333. The minimum atomic E-state index is -0.767. The number of fused-ring (bicyclic) bond motifs is 1. The van der Waals surface area contributed by atoms with Crippen LogP contribution in [0.15, 0.2) is 28.9 Å². The van der Waals surface area contributed by atoms with Gasteiger partial charge in [0.2, 0.25) is 0 Å². The predicted octanol–water partition coefficient (Wildman–Crippen LogP) is 2.87. The zero-order chi connectivity index (χ0) is 15.0. The molecule has 6 heteroatoms. The van der Waals surface area contributed by atoms with Gasteiger partial charge in [-0.05, 0) is 25.0 Å². The van der Waals surface area contributed by atoms with E-state index in [0.717, 1.165) is 15.4 Å². The normalized spacial score (nSPS) is 16.3. The zero-order valence-electron chi connectivity index (χ0n) is 11.3. The summed E-state index contributed by atoms with van der Waals surface area (Å²) in [6, 6.07) is 5.74. The Bertz CT molecular complexity index is 702. The maximum absolute atomic E-state index is 12.6. The first-order valence-corrected chi connectivity index (χ1v) is 7.65. The van der Waals surface area contributed by atoms with E-state index < -0.39 is 5.97 Å². The number of aromatic nitrogens is 1. The highest BCUT2D eigenvalue weighted by atomic mass is 79.9. The fourth-order valence-electron chi connectivity index (χ4n) is 2.81. The number of carbonyl (C=O) groups is 2. The Labute approximate surface area is 130 Å². The van der Waals surface area contributed by atoms with Gasteiger partial charge in [-0.3, -0.25) is 9.59 Å². The van der Waals surface area contributed by atoms with Gasteiger partial charge in [0.1, 0.15) is 0 Å². The molecule has 21 heavy (non-hydrogen) atoms. The lowest BCUT2D eigenvalue weighted by Crippen LogP contribution is -2.40. The number of nitrogens with one attached hydrogen (secondary N) is 1. The van der Waals surface area contributed by atoms with E-state index in [2.05, 4.69) is 20.9 Å². The Hall–Kier alpha value is -1.82. The van der Waals surface area contributed by atoms with Crippen LogP contribution in [0.1, 0.15) is 23.2 Å². The molecular formula is C15H15BrN2O3. The molecule has 1 aliphatic rings. The summed E-state index contributed by atoms with van der Waals surface area (Å²) in [5, 5.41) is 9.89. The van der Waals surface area contributed by atoms with Crippen LogP contribution in [0, 0.1) is 5.92 Å². The number of amides is 1. The van der Waals surface area contributed by atoms with Gasteiger partial charge in [-0.25, -0.2) is 0 Å². The molecule has 1 aromatic carbocycles. The molecule has 2 aromatic rings. The zero-order valence-corrected chi connectivity index (χ0v) is 12.9. The highest BCUT2D eigenvalue weighted by Gasteiger charge is 2.28. The van der Waals surface area contributed by atoms with E-state index >= 15 is 0 Å². The number of carboxylic acid groups (broad SMARTS) is 1. The molecular weight excluding hydrogens is 336 g/mol. The van der Waals surface area contributed by atoms with Crippen LogP contribution in [0.3, 0.4) is 0 Å². The van der Waals surface area contributed by atoms with Crippen molar-refractivity contribution in [2.45, 2.75) is 12.8 Å². The van der Waals surface area contributed by atoms with Crippen LogP contribution in [-0.4, -0.2) is 40.0 Å². The summed E-state index contributed by atoms with van der Waals surface area (Å²) in [5.41, 5.74) is 1.54. The largest absolute Gasteiger partial charge is 0.481 e. The van der Waals surface area contributed by atoms with Gasteiger partial charge < -0.3 is 15.0 Å². The number of aromatic amines is 1. The second kappa shape index (κ2) is 5.52. The van der Waals surface area contributed by atoms with E-state index in [9.17, 15) is 9.59 Å². The Morgan fingerprint density at radius 1 is 1.29 bits per heavy atom. The van der Waals surface area contributed by atoms with Gasteiger partial charge in [-0.1, -0.05) is 22.0 Å². The standard InChI is InChI=1S/C15H15BrN2O3/c16-11-2-1-3-12-13(11)10(8-17-12)14(19)18-6-4-9(5-7-18)15(20)21/h1-3,8-9,17H,4-7H2,(H,20,21). The van der Waals surface area contributed by atoms with E-state index in [1.807, 2.05) is 18.2 Å². The summed E-state index contributed by atoms with van der Waals surface area (Å²) in [6.07, 6.45) is 2.76. The molecule has 5 nitrogen and oxygen atoms in total. The minimum absolute atomic E-state index is 0.0445. The number of hydrogen-bond donors (Lipinski definition) is 2. The maximum atomic E-state index is 12.6. The molecule has 3 rings (SSSR count). The molecule has 0 radical (unpaired) electrons. The summed E-state index contributed by atoms with van der Waals surface area (Å²) in [6.45, 7) is 0.986. The maximum Gasteiger partial charge on any atom is 0.306 e. The Kier molecular flexibility index (Phi) is 3.71. The molecule has 0 spiro atoms. The van der Waals surface area contributed by atoms with E-state index in [-0.39, 0.29) is 11.8 Å². The van der Waals surface area contributed by atoms with Crippen molar-refractivity contribution in [2.75, 3.05) is 13.1 Å². The number of benzene rings is 1. The van der Waals surface area contributed by atoms with Gasteiger partial charge in [0.15, 0.2) is 0 Å². The monoisotopic (exact) mass is 350 g/mol. The molecule has 0 aliphatic carbocycles. The van der Waals surface area contributed by atoms with Crippen molar-refractivity contribution in [3.8, 4) is 0 Å². The first-order valence-electron chi connectivity index (χ1n) is 6.85. The second-order valence-corrected chi connectivity index (χ2v) is 6.12.